The van der Waals surface area contributed by atoms with E-state index in [-0.39, 0.29) is 23.6 Å². The smallest absolute Gasteiger partial charge is 0.266 e. The summed E-state index contributed by atoms with van der Waals surface area (Å²) in [5.74, 6) is -1.44. The predicted molar refractivity (Wildman–Crippen MR) is 289 cm³/mol. The average Bonchev–Trinajstić information content (AvgIpc) is 3.84. The van der Waals surface area contributed by atoms with Crippen molar-refractivity contribution in [3.8, 4) is 77.9 Å². The number of carbonyl (C=O) groups is 4. The van der Waals surface area contributed by atoms with Crippen molar-refractivity contribution < 1.29 is 19.2 Å². The molecule has 342 valence electrons. The van der Waals surface area contributed by atoms with E-state index in [1.54, 1.807) is 12.1 Å². The van der Waals surface area contributed by atoms with Crippen LogP contribution in [0.4, 0.5) is 11.4 Å². The number of fused-ring (bicyclic) bond motifs is 2. The maximum Gasteiger partial charge on any atom is 0.266 e. The van der Waals surface area contributed by atoms with E-state index in [1.807, 2.05) is 184 Å². The summed E-state index contributed by atoms with van der Waals surface area (Å²) in [4.78, 5) is 59.7. The molecular formula is C66H44N2O4. The monoisotopic (exact) mass is 928 g/mol. The predicted octanol–water partition coefficient (Wildman–Crippen LogP) is 15.6. The molecule has 0 N–H and O–H groups in total. The van der Waals surface area contributed by atoms with Crippen LogP contribution in [0.25, 0.3) is 77.9 Å². The topological polar surface area (TPSA) is 74.8 Å². The van der Waals surface area contributed by atoms with Gasteiger partial charge in [-0.2, -0.15) is 0 Å². The van der Waals surface area contributed by atoms with Gasteiger partial charge in [0.15, 0.2) is 0 Å². The van der Waals surface area contributed by atoms with Gasteiger partial charge in [-0.25, -0.2) is 9.80 Å². The highest BCUT2D eigenvalue weighted by Crippen LogP contribution is 2.47. The van der Waals surface area contributed by atoms with Crippen LogP contribution in [0, 0.1) is 13.8 Å². The zero-order valence-electron chi connectivity index (χ0n) is 39.5. The Balaban J connectivity index is 0.955. The summed E-state index contributed by atoms with van der Waals surface area (Å²) in [6.07, 6.45) is 0. The summed E-state index contributed by atoms with van der Waals surface area (Å²) in [5, 5.41) is 0. The number of hydrogen-bond acceptors (Lipinski definition) is 4. The zero-order chi connectivity index (χ0) is 49.0. The molecule has 0 saturated carbocycles. The third kappa shape index (κ3) is 7.63. The number of carbonyl (C=O) groups excluding carboxylic acids is 4. The molecule has 6 nitrogen and oxygen atoms in total. The molecule has 0 saturated heterocycles. The van der Waals surface area contributed by atoms with E-state index >= 15 is 0 Å². The number of rotatable bonds is 9. The molecule has 0 aliphatic carbocycles. The van der Waals surface area contributed by atoms with Crippen molar-refractivity contribution in [1.82, 2.24) is 0 Å². The molecule has 4 amide bonds. The molecule has 0 bridgehead atoms. The van der Waals surface area contributed by atoms with Gasteiger partial charge in [-0.15, -0.1) is 0 Å². The molecule has 72 heavy (non-hydrogen) atoms. The lowest BCUT2D eigenvalue weighted by Gasteiger charge is -2.24. The minimum Gasteiger partial charge on any atom is -0.268 e. The van der Waals surface area contributed by atoms with Crippen LogP contribution in [0.5, 0.6) is 0 Å². The van der Waals surface area contributed by atoms with Crippen LogP contribution in [-0.4, -0.2) is 23.6 Å². The quantitative estimate of drug-likeness (QED) is 0.135. The first-order valence-electron chi connectivity index (χ1n) is 24.0. The number of nitrogens with zero attached hydrogens (tertiary/aromatic N) is 2. The molecule has 2 aliphatic rings. The number of imide groups is 2. The molecule has 0 spiro atoms. The molecule has 2 heterocycles. The van der Waals surface area contributed by atoms with Gasteiger partial charge in [0, 0.05) is 5.56 Å². The Hall–Kier alpha value is -9.52. The number of anilines is 2. The first kappa shape index (κ1) is 43.7. The summed E-state index contributed by atoms with van der Waals surface area (Å²) < 4.78 is 0. The highest BCUT2D eigenvalue weighted by Gasteiger charge is 2.39. The number of aryl methyl sites for hydroxylation is 2. The molecular weight excluding hydrogens is 885 g/mol. The molecule has 12 rings (SSSR count). The fourth-order valence-electron chi connectivity index (χ4n) is 10.1. The Labute approximate surface area is 417 Å². The SMILES string of the molecule is Cc1ccc(-c2ccc3c(c2)C(=O)N(c2ccc(-c4ccc(-c5cc(-c6ccccc6)c(N6C(=O)c7ccc(-c8ccc(C)cc8)cc7C6=O)cc5-c5ccccc5)c(-c5ccccc5)c4)cc2)C3=O)cc1. The summed E-state index contributed by atoms with van der Waals surface area (Å²) in [6, 6.07) is 75.5. The second-order valence-electron chi connectivity index (χ2n) is 18.5. The fourth-order valence-corrected chi connectivity index (χ4v) is 10.1. The number of amides is 4. The van der Waals surface area contributed by atoms with Gasteiger partial charge < -0.3 is 0 Å². The molecule has 10 aromatic rings. The van der Waals surface area contributed by atoms with Crippen LogP contribution < -0.4 is 9.80 Å². The molecule has 0 aromatic heterocycles. The number of hydrogen-bond donors (Lipinski definition) is 0. The van der Waals surface area contributed by atoms with Gasteiger partial charge in [0.05, 0.1) is 33.6 Å². The summed E-state index contributed by atoms with van der Waals surface area (Å²) in [6.45, 7) is 4.07. The van der Waals surface area contributed by atoms with Crippen molar-refractivity contribution in [3.05, 3.63) is 264 Å². The van der Waals surface area contributed by atoms with E-state index in [1.165, 1.54) is 9.80 Å². The van der Waals surface area contributed by atoms with Crippen LogP contribution in [0.1, 0.15) is 52.6 Å². The first-order valence-corrected chi connectivity index (χ1v) is 24.0. The molecule has 2 aliphatic heterocycles. The van der Waals surface area contributed by atoms with Gasteiger partial charge in [-0.1, -0.05) is 187 Å². The Kier molecular flexibility index (Phi) is 10.8. The molecule has 0 fully saturated rings. The highest BCUT2D eigenvalue weighted by molar-refractivity contribution is 6.36. The van der Waals surface area contributed by atoms with E-state index in [9.17, 15) is 19.2 Å². The highest BCUT2D eigenvalue weighted by atomic mass is 16.2. The minimum absolute atomic E-state index is 0.348. The summed E-state index contributed by atoms with van der Waals surface area (Å²) in [7, 11) is 0. The summed E-state index contributed by atoms with van der Waals surface area (Å²) >= 11 is 0. The Morgan fingerprint density at radius 2 is 0.583 bits per heavy atom. The second-order valence-corrected chi connectivity index (χ2v) is 18.5. The lowest BCUT2D eigenvalue weighted by Crippen LogP contribution is -2.30. The van der Waals surface area contributed by atoms with Gasteiger partial charge in [0.2, 0.25) is 0 Å². The summed E-state index contributed by atoms with van der Waals surface area (Å²) in [5.41, 5.74) is 17.5. The van der Waals surface area contributed by atoms with Crippen LogP contribution in [-0.2, 0) is 0 Å². The Morgan fingerprint density at radius 3 is 1.06 bits per heavy atom. The third-order valence-corrected chi connectivity index (χ3v) is 13.9. The van der Waals surface area contributed by atoms with E-state index in [0.717, 1.165) is 89.0 Å². The van der Waals surface area contributed by atoms with Gasteiger partial charge in [-0.3, -0.25) is 19.2 Å². The van der Waals surface area contributed by atoms with E-state index in [2.05, 4.69) is 48.5 Å². The minimum atomic E-state index is -0.372. The van der Waals surface area contributed by atoms with Crippen LogP contribution >= 0.6 is 0 Å². The average molecular weight is 929 g/mol. The van der Waals surface area contributed by atoms with Crippen LogP contribution in [0.2, 0.25) is 0 Å². The first-order chi connectivity index (χ1) is 35.2. The van der Waals surface area contributed by atoms with Gasteiger partial charge in [-0.05, 0) is 141 Å². The second kappa shape index (κ2) is 17.8. The van der Waals surface area contributed by atoms with Crippen molar-refractivity contribution in [2.24, 2.45) is 0 Å². The lowest BCUT2D eigenvalue weighted by molar-refractivity contribution is 0.0910. The standard InChI is InChI=1S/C66H44N2O4/c1-41-18-22-43(23-19-41)50-29-34-54-60(37-50)65(71)67(63(54)69)52-31-26-45(27-32-52)49-28-33-53(56(36-49)46-12-6-3-7-13-46)59-39-58(48-16-10-5-11-17-48)62(40-57(59)47-14-8-4-9-15-47)68-64(70)55-35-30-51(38-61(55)66(68)72)44-24-20-42(2)21-25-44/h3-40H,1-2H3. The van der Waals surface area contributed by atoms with Crippen LogP contribution in [0.3, 0.4) is 0 Å². The van der Waals surface area contributed by atoms with Crippen molar-refractivity contribution in [2.75, 3.05) is 9.80 Å². The van der Waals surface area contributed by atoms with Gasteiger partial charge >= 0.3 is 0 Å². The molecule has 10 aromatic carbocycles. The molecule has 0 radical (unpaired) electrons. The zero-order valence-corrected chi connectivity index (χ0v) is 39.5. The van der Waals surface area contributed by atoms with Crippen molar-refractivity contribution >= 4 is 35.0 Å². The van der Waals surface area contributed by atoms with Gasteiger partial charge in [0.25, 0.3) is 23.6 Å². The van der Waals surface area contributed by atoms with Crippen molar-refractivity contribution in [1.29, 1.82) is 0 Å². The van der Waals surface area contributed by atoms with Crippen molar-refractivity contribution in [3.63, 3.8) is 0 Å². The maximum atomic E-state index is 14.8. The lowest BCUT2D eigenvalue weighted by atomic mass is 9.85. The molecule has 6 heteroatoms. The Bertz CT molecular complexity index is 3810. The largest absolute Gasteiger partial charge is 0.268 e. The van der Waals surface area contributed by atoms with E-state index < -0.39 is 0 Å². The molecule has 0 atom stereocenters. The van der Waals surface area contributed by atoms with Gasteiger partial charge in [0.1, 0.15) is 0 Å². The van der Waals surface area contributed by atoms with E-state index in [4.69, 9.17) is 0 Å². The number of benzene rings is 10. The normalized spacial score (nSPS) is 12.9. The maximum absolute atomic E-state index is 14.8. The fraction of sp³-hybridized carbons (Fsp3) is 0.0303. The Morgan fingerprint density at radius 1 is 0.236 bits per heavy atom. The van der Waals surface area contributed by atoms with Crippen LogP contribution in [0.15, 0.2) is 231 Å². The molecule has 0 unspecified atom stereocenters. The van der Waals surface area contributed by atoms with E-state index in [0.29, 0.717) is 33.6 Å². The van der Waals surface area contributed by atoms with Crippen molar-refractivity contribution in [2.45, 2.75) is 13.8 Å². The third-order valence-electron chi connectivity index (χ3n) is 13.9.